The van der Waals surface area contributed by atoms with Crippen LogP contribution in [0.5, 0.6) is 11.5 Å². The molecule has 3 heterocycles. The largest absolute Gasteiger partial charge is 0.493 e. The number of benzene rings is 2. The van der Waals surface area contributed by atoms with E-state index < -0.39 is 0 Å². The van der Waals surface area contributed by atoms with Crippen molar-refractivity contribution in [3.8, 4) is 11.5 Å². The Hall–Kier alpha value is -3.92. The van der Waals surface area contributed by atoms with E-state index in [1.807, 2.05) is 18.2 Å². The topological polar surface area (TPSA) is 115 Å². The Morgan fingerprint density at radius 2 is 1.97 bits per heavy atom. The second-order valence-electron chi connectivity index (χ2n) is 8.63. The molecule has 36 heavy (non-hydrogen) atoms. The normalized spacial score (nSPS) is 15.8. The van der Waals surface area contributed by atoms with Crippen molar-refractivity contribution >= 4 is 28.7 Å². The van der Waals surface area contributed by atoms with Crippen molar-refractivity contribution in [3.63, 3.8) is 0 Å². The molecule has 0 radical (unpaired) electrons. The summed E-state index contributed by atoms with van der Waals surface area (Å²) >= 11 is 6.25. The van der Waals surface area contributed by atoms with Gasteiger partial charge in [-0.3, -0.25) is 9.59 Å². The second-order valence-corrected chi connectivity index (χ2v) is 9.04. The summed E-state index contributed by atoms with van der Waals surface area (Å²) in [6.45, 7) is 1.39. The minimum atomic E-state index is -0.358. The standard InChI is InChI=1S/C25H25ClN6O4/c1-35-19-10-9-15(12-20(19)36-2)13-32-23-21(29-30-32)24(33)28-22(27-23)16-6-5-11-31(14-16)25(34)17-7-3-4-8-18(17)26/h3-4,7-10,12,16H,5-6,11,13-14H2,1-2H3,(H,27,28,33)/t16-/m0/s1. The van der Waals surface area contributed by atoms with E-state index in [0.29, 0.717) is 53.2 Å². The van der Waals surface area contributed by atoms with Gasteiger partial charge in [0.25, 0.3) is 11.5 Å². The molecular formula is C25H25ClN6O4. The Kier molecular flexibility index (Phi) is 6.60. The molecule has 10 nitrogen and oxygen atoms in total. The minimum Gasteiger partial charge on any atom is -0.493 e. The van der Waals surface area contributed by atoms with Crippen LogP contribution < -0.4 is 15.0 Å². The molecule has 2 aromatic carbocycles. The van der Waals surface area contributed by atoms with Crippen LogP contribution in [0, 0.1) is 0 Å². The zero-order valence-corrected chi connectivity index (χ0v) is 20.7. The van der Waals surface area contributed by atoms with E-state index in [2.05, 4.69) is 15.3 Å². The van der Waals surface area contributed by atoms with Gasteiger partial charge < -0.3 is 19.4 Å². The van der Waals surface area contributed by atoms with Crippen LogP contribution in [-0.4, -0.2) is 63.1 Å². The van der Waals surface area contributed by atoms with Gasteiger partial charge in [-0.2, -0.15) is 0 Å². The highest BCUT2D eigenvalue weighted by molar-refractivity contribution is 6.33. The van der Waals surface area contributed by atoms with E-state index in [9.17, 15) is 9.59 Å². The highest BCUT2D eigenvalue weighted by atomic mass is 35.5. The number of fused-ring (bicyclic) bond motifs is 1. The maximum Gasteiger partial charge on any atom is 0.281 e. The molecule has 4 aromatic rings. The number of carbonyl (C=O) groups excluding carboxylic acids is 1. The van der Waals surface area contributed by atoms with Gasteiger partial charge in [-0.15, -0.1) is 5.10 Å². The number of likely N-dealkylation sites (tertiary alicyclic amines) is 1. The Morgan fingerprint density at radius 1 is 1.17 bits per heavy atom. The van der Waals surface area contributed by atoms with Crippen LogP contribution in [0.25, 0.3) is 11.2 Å². The monoisotopic (exact) mass is 508 g/mol. The van der Waals surface area contributed by atoms with Gasteiger partial charge in [0.05, 0.1) is 31.4 Å². The van der Waals surface area contributed by atoms with E-state index in [0.717, 1.165) is 18.4 Å². The molecule has 0 saturated carbocycles. The van der Waals surface area contributed by atoms with Crippen LogP contribution in [0.3, 0.4) is 0 Å². The average molecular weight is 509 g/mol. The third-order valence-electron chi connectivity index (χ3n) is 6.37. The van der Waals surface area contributed by atoms with Crippen molar-refractivity contribution in [1.82, 2.24) is 29.9 Å². The van der Waals surface area contributed by atoms with Gasteiger partial charge in [0.1, 0.15) is 5.82 Å². The maximum absolute atomic E-state index is 13.1. The van der Waals surface area contributed by atoms with Crippen molar-refractivity contribution in [2.24, 2.45) is 0 Å². The third kappa shape index (κ3) is 4.51. The molecular weight excluding hydrogens is 484 g/mol. The highest BCUT2D eigenvalue weighted by Gasteiger charge is 2.28. The molecule has 1 atom stereocenters. The number of hydrogen-bond donors (Lipinski definition) is 1. The lowest BCUT2D eigenvalue weighted by atomic mass is 9.96. The van der Waals surface area contributed by atoms with Gasteiger partial charge in [-0.25, -0.2) is 9.67 Å². The van der Waals surface area contributed by atoms with Crippen molar-refractivity contribution in [1.29, 1.82) is 0 Å². The summed E-state index contributed by atoms with van der Waals surface area (Å²) in [5, 5.41) is 8.62. The summed E-state index contributed by atoms with van der Waals surface area (Å²) in [6.07, 6.45) is 1.57. The second kappa shape index (κ2) is 9.98. The predicted octanol–water partition coefficient (Wildman–Crippen LogP) is 3.25. The van der Waals surface area contributed by atoms with Crippen LogP contribution in [0.15, 0.2) is 47.3 Å². The molecule has 1 aliphatic rings. The molecule has 1 fully saturated rings. The number of hydrogen-bond acceptors (Lipinski definition) is 7. The quantitative estimate of drug-likeness (QED) is 0.425. The van der Waals surface area contributed by atoms with Gasteiger partial charge in [-0.05, 0) is 42.7 Å². The number of rotatable bonds is 6. The Balaban J connectivity index is 1.43. The van der Waals surface area contributed by atoms with Gasteiger partial charge in [0.15, 0.2) is 22.7 Å². The van der Waals surface area contributed by atoms with Gasteiger partial charge in [-0.1, -0.05) is 35.0 Å². The third-order valence-corrected chi connectivity index (χ3v) is 6.70. The SMILES string of the molecule is COc1ccc(Cn2nnc3c(=O)[nH]c([C@H]4CCCN(C(=O)c5ccccc5Cl)C4)nc32)cc1OC. The summed E-state index contributed by atoms with van der Waals surface area (Å²) in [5.74, 6) is 1.46. The van der Waals surface area contributed by atoms with Crippen LogP contribution in [0.4, 0.5) is 0 Å². The number of carbonyl (C=O) groups is 1. The number of ether oxygens (including phenoxy) is 2. The number of amides is 1. The summed E-state index contributed by atoms with van der Waals surface area (Å²) in [5.41, 5.74) is 1.55. The Labute approximate surface area is 211 Å². The lowest BCUT2D eigenvalue weighted by Crippen LogP contribution is -2.40. The number of aromatic nitrogens is 5. The first-order valence-corrected chi connectivity index (χ1v) is 11.9. The van der Waals surface area contributed by atoms with Crippen molar-refractivity contribution in [2.45, 2.75) is 25.3 Å². The van der Waals surface area contributed by atoms with Crippen molar-refractivity contribution in [2.75, 3.05) is 27.3 Å². The number of piperidine rings is 1. The molecule has 5 rings (SSSR count). The molecule has 2 aromatic heterocycles. The fourth-order valence-electron chi connectivity index (χ4n) is 4.52. The van der Waals surface area contributed by atoms with Crippen LogP contribution in [0.2, 0.25) is 5.02 Å². The number of H-pyrrole nitrogens is 1. The molecule has 0 bridgehead atoms. The average Bonchev–Trinajstić information content (AvgIpc) is 3.31. The lowest BCUT2D eigenvalue weighted by molar-refractivity contribution is 0.0704. The number of methoxy groups -OCH3 is 2. The summed E-state index contributed by atoms with van der Waals surface area (Å²) in [4.78, 5) is 35.3. The smallest absolute Gasteiger partial charge is 0.281 e. The van der Waals surface area contributed by atoms with Crippen molar-refractivity contribution < 1.29 is 14.3 Å². The molecule has 0 spiro atoms. The molecule has 1 saturated heterocycles. The first kappa shape index (κ1) is 23.8. The number of aromatic amines is 1. The van der Waals surface area contributed by atoms with Gasteiger partial charge >= 0.3 is 0 Å². The summed E-state index contributed by atoms with van der Waals surface area (Å²) < 4.78 is 12.3. The molecule has 0 unspecified atom stereocenters. The number of nitrogens with zero attached hydrogens (tertiary/aromatic N) is 5. The number of nitrogens with one attached hydrogen (secondary N) is 1. The molecule has 1 amide bonds. The number of halogens is 1. The Bertz CT molecular complexity index is 1480. The van der Waals surface area contributed by atoms with E-state index >= 15 is 0 Å². The fourth-order valence-corrected chi connectivity index (χ4v) is 4.74. The lowest BCUT2D eigenvalue weighted by Gasteiger charge is -2.32. The van der Waals surface area contributed by atoms with Gasteiger partial charge in [0, 0.05) is 19.0 Å². The summed E-state index contributed by atoms with van der Waals surface area (Å²) in [7, 11) is 3.15. The molecule has 11 heteroatoms. The molecule has 0 aliphatic carbocycles. The predicted molar refractivity (Wildman–Crippen MR) is 134 cm³/mol. The first-order chi connectivity index (χ1) is 17.5. The first-order valence-electron chi connectivity index (χ1n) is 11.6. The van der Waals surface area contributed by atoms with E-state index in [-0.39, 0.29) is 22.9 Å². The summed E-state index contributed by atoms with van der Waals surface area (Å²) in [6, 6.07) is 12.6. The van der Waals surface area contributed by atoms with Gasteiger partial charge in [0.2, 0.25) is 0 Å². The zero-order chi connectivity index (χ0) is 25.2. The molecule has 1 aliphatic heterocycles. The molecule has 1 N–H and O–H groups in total. The van der Waals surface area contributed by atoms with E-state index in [4.69, 9.17) is 26.1 Å². The van der Waals surface area contributed by atoms with Crippen LogP contribution in [-0.2, 0) is 6.54 Å². The van der Waals surface area contributed by atoms with Crippen LogP contribution >= 0.6 is 11.6 Å². The highest BCUT2D eigenvalue weighted by Crippen LogP contribution is 2.29. The van der Waals surface area contributed by atoms with Crippen LogP contribution in [0.1, 0.15) is 40.5 Å². The zero-order valence-electron chi connectivity index (χ0n) is 19.9. The Morgan fingerprint density at radius 3 is 2.75 bits per heavy atom. The van der Waals surface area contributed by atoms with E-state index in [1.54, 1.807) is 48.1 Å². The molecule has 186 valence electrons. The van der Waals surface area contributed by atoms with E-state index in [1.165, 1.54) is 0 Å². The minimum absolute atomic E-state index is 0.131. The maximum atomic E-state index is 13.1. The van der Waals surface area contributed by atoms with Crippen molar-refractivity contribution in [3.05, 3.63) is 74.8 Å². The fraction of sp³-hybridized carbons (Fsp3) is 0.320.